The number of methoxy groups -OCH3 is 1. The van der Waals surface area contributed by atoms with E-state index < -0.39 is 17.7 Å². The predicted molar refractivity (Wildman–Crippen MR) is 48.1 cm³/mol. The van der Waals surface area contributed by atoms with Gasteiger partial charge in [-0.2, -0.15) is 0 Å². The molecule has 0 aliphatic heterocycles. The normalized spacial score (nSPS) is 10.6. The highest BCUT2D eigenvalue weighted by Gasteiger charge is 2.14. The van der Waals surface area contributed by atoms with Crippen LogP contribution < -0.4 is 10.3 Å². The van der Waals surface area contributed by atoms with Gasteiger partial charge in [-0.05, 0) is 6.07 Å². The second-order valence-electron chi connectivity index (χ2n) is 2.55. The van der Waals surface area contributed by atoms with Crippen LogP contribution in [0.3, 0.4) is 0 Å². The number of alkyl halides is 3. The Balaban J connectivity index is 3.32. The van der Waals surface area contributed by atoms with E-state index in [1.807, 2.05) is 4.98 Å². The fourth-order valence-electron chi connectivity index (χ4n) is 1.06. The third-order valence-electron chi connectivity index (χ3n) is 1.67. The van der Waals surface area contributed by atoms with Gasteiger partial charge in [0.15, 0.2) is 5.75 Å². The Labute approximate surface area is 83.7 Å². The molecule has 0 atom stereocenters. The summed E-state index contributed by atoms with van der Waals surface area (Å²) in [5, 5.41) is 0. The highest BCUT2D eigenvalue weighted by Crippen LogP contribution is 2.21. The first-order valence-corrected chi connectivity index (χ1v) is 4.27. The van der Waals surface area contributed by atoms with Crippen molar-refractivity contribution >= 4 is 11.6 Å². The molecule has 1 heterocycles. The monoisotopic (exact) mass is 223 g/mol. The highest BCUT2D eigenvalue weighted by atomic mass is 35.5. The zero-order valence-electron chi connectivity index (χ0n) is 7.31. The van der Waals surface area contributed by atoms with E-state index in [0.29, 0.717) is 0 Å². The molecule has 6 heteroatoms. The molecule has 0 radical (unpaired) electrons. The Morgan fingerprint density at radius 3 is 2.71 bits per heavy atom. The van der Waals surface area contributed by atoms with Gasteiger partial charge in [0.1, 0.15) is 0 Å². The molecule has 78 valence electrons. The number of aromatic amines is 1. The molecular formula is C8H8ClF2NO2. The Bertz CT molecular complexity index is 378. The summed E-state index contributed by atoms with van der Waals surface area (Å²) in [6.45, 7) is 0. The lowest BCUT2D eigenvalue weighted by atomic mass is 10.2. The van der Waals surface area contributed by atoms with Gasteiger partial charge in [0.25, 0.3) is 12.0 Å². The summed E-state index contributed by atoms with van der Waals surface area (Å²) in [7, 11) is 1.28. The average molecular weight is 224 g/mol. The van der Waals surface area contributed by atoms with Crippen molar-refractivity contribution in [2.24, 2.45) is 0 Å². The van der Waals surface area contributed by atoms with Gasteiger partial charge in [0.2, 0.25) is 0 Å². The Kier molecular flexibility index (Phi) is 3.46. The van der Waals surface area contributed by atoms with E-state index in [0.717, 1.165) is 6.07 Å². The number of H-pyrrole nitrogens is 1. The van der Waals surface area contributed by atoms with Crippen molar-refractivity contribution < 1.29 is 13.5 Å². The number of hydrogen-bond acceptors (Lipinski definition) is 2. The molecule has 1 rings (SSSR count). The van der Waals surface area contributed by atoms with Crippen LogP contribution in [0.25, 0.3) is 0 Å². The van der Waals surface area contributed by atoms with E-state index in [-0.39, 0.29) is 17.2 Å². The van der Waals surface area contributed by atoms with Gasteiger partial charge >= 0.3 is 0 Å². The zero-order valence-corrected chi connectivity index (χ0v) is 8.07. The van der Waals surface area contributed by atoms with Crippen molar-refractivity contribution in [3.63, 3.8) is 0 Å². The number of rotatable bonds is 3. The fraction of sp³-hybridized carbons (Fsp3) is 0.375. The maximum Gasteiger partial charge on any atom is 0.290 e. The van der Waals surface area contributed by atoms with Crippen LogP contribution >= 0.6 is 11.6 Å². The molecule has 3 nitrogen and oxygen atoms in total. The Morgan fingerprint density at radius 2 is 2.29 bits per heavy atom. The second-order valence-corrected chi connectivity index (χ2v) is 2.81. The van der Waals surface area contributed by atoms with Crippen molar-refractivity contribution in [1.29, 1.82) is 0 Å². The summed E-state index contributed by atoms with van der Waals surface area (Å²) in [6, 6.07) is 1.12. The number of ether oxygens (including phenoxy) is 1. The number of pyridine rings is 1. The van der Waals surface area contributed by atoms with Gasteiger partial charge in [0.05, 0.1) is 18.7 Å². The minimum absolute atomic E-state index is 0.0237. The zero-order chi connectivity index (χ0) is 10.7. The molecule has 0 amide bonds. The van der Waals surface area contributed by atoms with Crippen LogP contribution in [-0.2, 0) is 5.88 Å². The van der Waals surface area contributed by atoms with Gasteiger partial charge in [0, 0.05) is 5.56 Å². The van der Waals surface area contributed by atoms with E-state index in [2.05, 4.69) is 0 Å². The minimum Gasteiger partial charge on any atom is -0.491 e. The molecule has 1 aromatic heterocycles. The number of nitrogens with one attached hydrogen (secondary N) is 1. The molecule has 0 aliphatic rings. The average Bonchev–Trinajstić information content (AvgIpc) is 2.16. The van der Waals surface area contributed by atoms with Crippen LogP contribution in [0.5, 0.6) is 5.75 Å². The smallest absolute Gasteiger partial charge is 0.290 e. The van der Waals surface area contributed by atoms with Gasteiger partial charge in [-0.25, -0.2) is 8.78 Å². The van der Waals surface area contributed by atoms with Crippen molar-refractivity contribution in [1.82, 2.24) is 4.98 Å². The minimum atomic E-state index is -2.73. The van der Waals surface area contributed by atoms with Crippen LogP contribution in [-0.4, -0.2) is 12.1 Å². The summed E-state index contributed by atoms with van der Waals surface area (Å²) in [6.07, 6.45) is -2.73. The van der Waals surface area contributed by atoms with Crippen LogP contribution in [0.1, 0.15) is 17.7 Å². The van der Waals surface area contributed by atoms with E-state index in [9.17, 15) is 13.6 Å². The molecule has 14 heavy (non-hydrogen) atoms. The van der Waals surface area contributed by atoms with Crippen LogP contribution in [0.4, 0.5) is 8.78 Å². The fourth-order valence-corrected chi connectivity index (χ4v) is 1.26. The van der Waals surface area contributed by atoms with Crippen LogP contribution in [0.15, 0.2) is 10.9 Å². The third kappa shape index (κ3) is 2.04. The van der Waals surface area contributed by atoms with Crippen LogP contribution in [0, 0.1) is 0 Å². The third-order valence-corrected chi connectivity index (χ3v) is 1.96. The van der Waals surface area contributed by atoms with Gasteiger partial charge in [-0.3, -0.25) is 4.79 Å². The van der Waals surface area contributed by atoms with E-state index in [1.54, 1.807) is 0 Å². The molecule has 0 saturated carbocycles. The number of hydrogen-bond donors (Lipinski definition) is 1. The molecular weight excluding hydrogens is 216 g/mol. The van der Waals surface area contributed by atoms with Gasteiger partial charge in [-0.1, -0.05) is 0 Å². The maximum atomic E-state index is 12.2. The largest absolute Gasteiger partial charge is 0.491 e. The molecule has 1 aromatic rings. The summed E-state index contributed by atoms with van der Waals surface area (Å²) in [4.78, 5) is 13.2. The van der Waals surface area contributed by atoms with Crippen molar-refractivity contribution in [2.75, 3.05) is 7.11 Å². The first-order valence-electron chi connectivity index (χ1n) is 3.74. The first-order chi connectivity index (χ1) is 6.60. The van der Waals surface area contributed by atoms with Gasteiger partial charge < -0.3 is 9.72 Å². The summed E-state index contributed by atoms with van der Waals surface area (Å²) in [5.74, 6) is -0.0725. The summed E-state index contributed by atoms with van der Waals surface area (Å²) >= 11 is 5.48. The molecule has 0 spiro atoms. The standard InChI is InChI=1S/C8H8ClF2NO2/c1-14-6-4(3-9)2-5(7(10)11)12-8(6)13/h2,7H,3H2,1H3,(H,12,13). The van der Waals surface area contributed by atoms with Crippen LogP contribution in [0.2, 0.25) is 0 Å². The molecule has 0 fully saturated rings. The first kappa shape index (κ1) is 11.0. The molecule has 0 aliphatic carbocycles. The topological polar surface area (TPSA) is 42.1 Å². The Morgan fingerprint density at radius 1 is 1.64 bits per heavy atom. The molecule has 0 unspecified atom stereocenters. The SMILES string of the molecule is COc1c(CCl)cc(C(F)F)[nH]c1=O. The summed E-state index contributed by atoms with van der Waals surface area (Å²) < 4.78 is 29.2. The number of aromatic nitrogens is 1. The van der Waals surface area contributed by atoms with Crippen molar-refractivity contribution in [3.05, 3.63) is 27.7 Å². The highest BCUT2D eigenvalue weighted by molar-refractivity contribution is 6.17. The van der Waals surface area contributed by atoms with Crippen molar-refractivity contribution in [2.45, 2.75) is 12.3 Å². The number of halogens is 3. The lowest BCUT2D eigenvalue weighted by molar-refractivity contribution is 0.145. The molecule has 0 saturated heterocycles. The Hall–Kier alpha value is -1.10. The predicted octanol–water partition coefficient (Wildman–Crippen LogP) is 2.06. The van der Waals surface area contributed by atoms with E-state index in [4.69, 9.17) is 16.3 Å². The quantitative estimate of drug-likeness (QED) is 0.797. The molecule has 0 bridgehead atoms. The van der Waals surface area contributed by atoms with E-state index >= 15 is 0 Å². The van der Waals surface area contributed by atoms with Gasteiger partial charge in [-0.15, -0.1) is 11.6 Å². The lowest BCUT2D eigenvalue weighted by Gasteiger charge is -2.06. The van der Waals surface area contributed by atoms with E-state index in [1.165, 1.54) is 7.11 Å². The molecule has 0 aromatic carbocycles. The molecule has 1 N–H and O–H groups in total. The van der Waals surface area contributed by atoms with Crippen molar-refractivity contribution in [3.8, 4) is 5.75 Å². The lowest BCUT2D eigenvalue weighted by Crippen LogP contribution is -2.14. The second kappa shape index (κ2) is 4.41. The summed E-state index contributed by atoms with van der Waals surface area (Å²) in [5.41, 5.74) is -0.888. The maximum absolute atomic E-state index is 12.2.